The molecule has 0 bridgehead atoms. The highest BCUT2D eigenvalue weighted by Crippen LogP contribution is 2.18. The standard InChI is InChI=1S/C12H16N4O3S/c13-9-2-3-10-8(6-9)7-11(16-10)12(17)15-4-1-5-20(14,18)19/h2-3,6-7,16H,1,4-5,13H2,(H,15,17)(H2,14,18,19). The Morgan fingerprint density at radius 1 is 1.30 bits per heavy atom. The van der Waals surface area contributed by atoms with Gasteiger partial charge in [-0.2, -0.15) is 0 Å². The monoisotopic (exact) mass is 296 g/mol. The molecule has 0 aliphatic rings. The Hall–Kier alpha value is -2.06. The van der Waals surface area contributed by atoms with Crippen molar-refractivity contribution in [3.8, 4) is 0 Å². The summed E-state index contributed by atoms with van der Waals surface area (Å²) in [6, 6.07) is 7.00. The van der Waals surface area contributed by atoms with E-state index in [0.29, 0.717) is 11.4 Å². The second-order valence-electron chi connectivity index (χ2n) is 4.51. The molecule has 0 spiro atoms. The molecule has 0 saturated carbocycles. The lowest BCUT2D eigenvalue weighted by Crippen LogP contribution is -2.27. The molecular formula is C12H16N4O3S. The molecular weight excluding hydrogens is 280 g/mol. The predicted octanol–water partition coefficient (Wildman–Crippen LogP) is 0.159. The van der Waals surface area contributed by atoms with Crippen molar-refractivity contribution in [2.24, 2.45) is 5.14 Å². The van der Waals surface area contributed by atoms with Gasteiger partial charge in [-0.25, -0.2) is 13.6 Å². The summed E-state index contributed by atoms with van der Waals surface area (Å²) in [6.07, 6.45) is 0.276. The first kappa shape index (κ1) is 14.4. The van der Waals surface area contributed by atoms with Crippen LogP contribution in [-0.2, 0) is 10.0 Å². The van der Waals surface area contributed by atoms with Crippen molar-refractivity contribution < 1.29 is 13.2 Å². The topological polar surface area (TPSA) is 131 Å². The zero-order valence-electron chi connectivity index (χ0n) is 10.7. The molecule has 1 heterocycles. The summed E-state index contributed by atoms with van der Waals surface area (Å²) < 4.78 is 21.5. The number of rotatable bonds is 5. The fourth-order valence-electron chi connectivity index (χ4n) is 1.84. The summed E-state index contributed by atoms with van der Waals surface area (Å²) >= 11 is 0. The normalized spacial score (nSPS) is 11.7. The summed E-state index contributed by atoms with van der Waals surface area (Å²) in [5.74, 6) is -0.453. The fraction of sp³-hybridized carbons (Fsp3) is 0.250. The second kappa shape index (κ2) is 5.51. The molecule has 7 nitrogen and oxygen atoms in total. The molecule has 108 valence electrons. The van der Waals surface area contributed by atoms with Gasteiger partial charge in [0.2, 0.25) is 10.0 Å². The van der Waals surface area contributed by atoms with Crippen LogP contribution in [0.1, 0.15) is 16.9 Å². The molecule has 1 aromatic heterocycles. The number of anilines is 1. The number of nitrogens with two attached hydrogens (primary N) is 2. The van der Waals surface area contributed by atoms with Crippen LogP contribution in [0, 0.1) is 0 Å². The molecule has 8 heteroatoms. The van der Waals surface area contributed by atoms with Gasteiger partial charge in [0.1, 0.15) is 5.69 Å². The number of H-pyrrole nitrogens is 1. The Kier molecular flexibility index (Phi) is 3.96. The van der Waals surface area contributed by atoms with E-state index < -0.39 is 10.0 Å². The highest BCUT2D eigenvalue weighted by Gasteiger charge is 2.09. The lowest BCUT2D eigenvalue weighted by molar-refractivity contribution is 0.0949. The average Bonchev–Trinajstić information content (AvgIpc) is 2.76. The van der Waals surface area contributed by atoms with Gasteiger partial charge in [-0.3, -0.25) is 4.79 Å². The maximum Gasteiger partial charge on any atom is 0.267 e. The highest BCUT2D eigenvalue weighted by molar-refractivity contribution is 7.89. The van der Waals surface area contributed by atoms with Crippen molar-refractivity contribution in [3.05, 3.63) is 30.0 Å². The summed E-state index contributed by atoms with van der Waals surface area (Å²) in [6.45, 7) is 0.243. The van der Waals surface area contributed by atoms with Crippen LogP contribution >= 0.6 is 0 Å². The van der Waals surface area contributed by atoms with Crippen LogP contribution in [0.25, 0.3) is 10.9 Å². The number of sulfonamides is 1. The number of benzene rings is 1. The second-order valence-corrected chi connectivity index (χ2v) is 6.24. The Labute approximate surface area is 116 Å². The van der Waals surface area contributed by atoms with Gasteiger partial charge >= 0.3 is 0 Å². The number of nitrogen functional groups attached to an aromatic ring is 1. The molecule has 0 aliphatic heterocycles. The molecule has 0 atom stereocenters. The summed E-state index contributed by atoms with van der Waals surface area (Å²) in [7, 11) is -3.48. The van der Waals surface area contributed by atoms with Gasteiger partial charge < -0.3 is 16.0 Å². The number of fused-ring (bicyclic) bond motifs is 1. The van der Waals surface area contributed by atoms with Gasteiger partial charge in [-0.05, 0) is 30.7 Å². The van der Waals surface area contributed by atoms with Gasteiger partial charge in [0.15, 0.2) is 0 Å². The molecule has 1 aromatic carbocycles. The van der Waals surface area contributed by atoms with Crippen LogP contribution in [-0.4, -0.2) is 31.6 Å². The van der Waals surface area contributed by atoms with Crippen LogP contribution in [0.5, 0.6) is 0 Å². The molecule has 0 aliphatic carbocycles. The number of primary sulfonamides is 1. The minimum absolute atomic E-state index is 0.156. The highest BCUT2D eigenvalue weighted by atomic mass is 32.2. The van der Waals surface area contributed by atoms with Crippen LogP contribution in [0.4, 0.5) is 5.69 Å². The van der Waals surface area contributed by atoms with Crippen LogP contribution in [0.3, 0.4) is 0 Å². The summed E-state index contributed by atoms with van der Waals surface area (Å²) in [5.41, 5.74) is 7.50. The van der Waals surface area contributed by atoms with E-state index in [1.54, 1.807) is 24.3 Å². The van der Waals surface area contributed by atoms with E-state index in [2.05, 4.69) is 10.3 Å². The summed E-state index contributed by atoms with van der Waals surface area (Å²) in [5, 5.41) is 8.34. The number of carbonyl (C=O) groups excluding carboxylic acids is 1. The number of amides is 1. The van der Waals surface area contributed by atoms with Crippen molar-refractivity contribution in [3.63, 3.8) is 0 Å². The first-order valence-electron chi connectivity index (χ1n) is 6.02. The number of hydrogen-bond acceptors (Lipinski definition) is 4. The van der Waals surface area contributed by atoms with E-state index in [4.69, 9.17) is 10.9 Å². The lowest BCUT2D eigenvalue weighted by atomic mass is 10.2. The Balaban J connectivity index is 1.97. The first-order valence-corrected chi connectivity index (χ1v) is 7.73. The zero-order valence-corrected chi connectivity index (χ0v) is 11.5. The van der Waals surface area contributed by atoms with Gasteiger partial charge in [0.25, 0.3) is 5.91 Å². The number of aromatic amines is 1. The van der Waals surface area contributed by atoms with Crippen molar-refractivity contribution >= 4 is 32.5 Å². The maximum atomic E-state index is 11.9. The Morgan fingerprint density at radius 3 is 2.75 bits per heavy atom. The van der Waals surface area contributed by atoms with Gasteiger partial charge in [0, 0.05) is 23.1 Å². The van der Waals surface area contributed by atoms with Gasteiger partial charge in [-0.15, -0.1) is 0 Å². The number of hydrogen-bond donors (Lipinski definition) is 4. The van der Waals surface area contributed by atoms with Crippen molar-refractivity contribution in [2.45, 2.75) is 6.42 Å². The van der Waals surface area contributed by atoms with E-state index in [1.165, 1.54) is 0 Å². The molecule has 2 aromatic rings. The third-order valence-corrected chi connectivity index (χ3v) is 3.64. The Bertz CT molecular complexity index is 736. The molecule has 0 radical (unpaired) electrons. The molecule has 2 rings (SSSR count). The van der Waals surface area contributed by atoms with E-state index >= 15 is 0 Å². The largest absolute Gasteiger partial charge is 0.399 e. The quantitative estimate of drug-likeness (QED) is 0.462. The maximum absolute atomic E-state index is 11.9. The fourth-order valence-corrected chi connectivity index (χ4v) is 2.39. The molecule has 0 unspecified atom stereocenters. The minimum Gasteiger partial charge on any atom is -0.399 e. The summed E-state index contributed by atoms with van der Waals surface area (Å²) in [4.78, 5) is 14.8. The van der Waals surface area contributed by atoms with E-state index in [0.717, 1.165) is 10.9 Å². The van der Waals surface area contributed by atoms with Gasteiger partial charge in [0.05, 0.1) is 5.75 Å². The number of carbonyl (C=O) groups is 1. The van der Waals surface area contributed by atoms with Crippen molar-refractivity contribution in [2.75, 3.05) is 18.0 Å². The molecule has 0 saturated heterocycles. The van der Waals surface area contributed by atoms with Crippen molar-refractivity contribution in [1.82, 2.24) is 10.3 Å². The SMILES string of the molecule is Nc1ccc2[nH]c(C(=O)NCCCS(N)(=O)=O)cc2c1. The number of aromatic nitrogens is 1. The van der Waals surface area contributed by atoms with E-state index in [1.807, 2.05) is 0 Å². The zero-order chi connectivity index (χ0) is 14.8. The lowest BCUT2D eigenvalue weighted by Gasteiger charge is -2.02. The third kappa shape index (κ3) is 3.72. The smallest absolute Gasteiger partial charge is 0.267 e. The molecule has 20 heavy (non-hydrogen) atoms. The third-order valence-electron chi connectivity index (χ3n) is 2.78. The van der Waals surface area contributed by atoms with Crippen LogP contribution < -0.4 is 16.2 Å². The molecule has 1 amide bonds. The molecule has 6 N–H and O–H groups in total. The average molecular weight is 296 g/mol. The predicted molar refractivity (Wildman–Crippen MR) is 77.6 cm³/mol. The van der Waals surface area contributed by atoms with Crippen molar-refractivity contribution in [1.29, 1.82) is 0 Å². The van der Waals surface area contributed by atoms with Crippen LogP contribution in [0.2, 0.25) is 0 Å². The number of nitrogens with one attached hydrogen (secondary N) is 2. The Morgan fingerprint density at radius 2 is 2.05 bits per heavy atom. The minimum atomic E-state index is -3.48. The molecule has 0 fully saturated rings. The van der Waals surface area contributed by atoms with E-state index in [9.17, 15) is 13.2 Å². The first-order chi connectivity index (χ1) is 9.35. The van der Waals surface area contributed by atoms with Gasteiger partial charge in [-0.1, -0.05) is 0 Å². The van der Waals surface area contributed by atoms with E-state index in [-0.39, 0.29) is 24.6 Å². The van der Waals surface area contributed by atoms with Crippen LogP contribution in [0.15, 0.2) is 24.3 Å².